The molecule has 1 aliphatic rings. The Morgan fingerprint density at radius 3 is 1.91 bits per heavy atom. The van der Waals surface area contributed by atoms with Gasteiger partial charge in [0.05, 0.1) is 10.5 Å². The van der Waals surface area contributed by atoms with Crippen molar-refractivity contribution in [1.82, 2.24) is 19.2 Å². The smallest absolute Gasteiger partial charge is 0.256 e. The van der Waals surface area contributed by atoms with Gasteiger partial charge in [-0.15, -0.1) is 0 Å². The van der Waals surface area contributed by atoms with E-state index in [0.29, 0.717) is 16.0 Å². The lowest BCUT2D eigenvalue weighted by Crippen LogP contribution is -2.50. The third kappa shape index (κ3) is 4.46. The number of aromatic nitrogens is 2. The molecule has 7 nitrogen and oxygen atoms in total. The van der Waals surface area contributed by atoms with Crippen molar-refractivity contribution in [2.45, 2.75) is 39.5 Å². The second kappa shape index (κ2) is 9.47. The van der Waals surface area contributed by atoms with Crippen LogP contribution in [0.3, 0.4) is 0 Å². The van der Waals surface area contributed by atoms with Gasteiger partial charge >= 0.3 is 0 Å². The molecule has 0 atom stereocenters. The molecule has 35 heavy (non-hydrogen) atoms. The highest BCUT2D eigenvalue weighted by Gasteiger charge is 2.34. The largest absolute Gasteiger partial charge is 0.336 e. The Kier molecular flexibility index (Phi) is 6.75. The normalized spacial score (nSPS) is 14.9. The van der Waals surface area contributed by atoms with Crippen molar-refractivity contribution in [3.8, 4) is 11.1 Å². The first kappa shape index (κ1) is 24.9. The van der Waals surface area contributed by atoms with Crippen LogP contribution in [0.1, 0.15) is 38.2 Å². The number of halogens is 1. The number of nitrogens with zero attached hydrogens (tertiary/aromatic N) is 4. The van der Waals surface area contributed by atoms with E-state index in [9.17, 15) is 17.6 Å². The first-order chi connectivity index (χ1) is 16.5. The summed E-state index contributed by atoms with van der Waals surface area (Å²) in [5.74, 6) is -1.09. The zero-order valence-corrected chi connectivity index (χ0v) is 21.4. The highest BCUT2D eigenvalue weighted by molar-refractivity contribution is 7.89. The molecule has 1 aromatic heterocycles. The predicted octanol–water partition coefficient (Wildman–Crippen LogP) is 3.97. The number of benzene rings is 2. The van der Waals surface area contributed by atoms with Gasteiger partial charge in [-0.1, -0.05) is 6.07 Å². The van der Waals surface area contributed by atoms with Crippen molar-refractivity contribution >= 4 is 15.9 Å². The SMILES string of the molecule is Cc1c(C)c(C)c(S(=O)(=O)N2CCN(C(=O)c3ccc(-c4cncnc4)cc3F)CC2)c(C)c1C. The number of amides is 1. The van der Waals surface area contributed by atoms with Crippen molar-refractivity contribution < 1.29 is 17.6 Å². The van der Waals surface area contributed by atoms with Crippen LogP contribution in [0.25, 0.3) is 11.1 Å². The Morgan fingerprint density at radius 1 is 0.829 bits per heavy atom. The molecule has 3 aromatic rings. The first-order valence-corrected chi connectivity index (χ1v) is 12.9. The third-order valence-electron chi connectivity index (χ3n) is 7.15. The minimum absolute atomic E-state index is 0.0432. The maximum absolute atomic E-state index is 14.8. The zero-order chi connectivity index (χ0) is 25.5. The average molecular weight is 497 g/mol. The van der Waals surface area contributed by atoms with Gasteiger partial charge in [0.2, 0.25) is 10.0 Å². The minimum Gasteiger partial charge on any atom is -0.336 e. The molecule has 0 aliphatic carbocycles. The molecule has 0 radical (unpaired) electrons. The lowest BCUT2D eigenvalue weighted by molar-refractivity contribution is 0.0693. The van der Waals surface area contributed by atoms with Crippen LogP contribution in [0.15, 0.2) is 41.8 Å². The third-order valence-corrected chi connectivity index (χ3v) is 9.32. The van der Waals surface area contributed by atoms with E-state index in [4.69, 9.17) is 0 Å². The monoisotopic (exact) mass is 496 g/mol. The summed E-state index contributed by atoms with van der Waals surface area (Å²) in [6, 6.07) is 4.40. The summed E-state index contributed by atoms with van der Waals surface area (Å²) >= 11 is 0. The summed E-state index contributed by atoms with van der Waals surface area (Å²) in [7, 11) is -3.73. The molecule has 1 saturated heterocycles. The van der Waals surface area contributed by atoms with Gasteiger partial charge in [-0.25, -0.2) is 22.8 Å². The van der Waals surface area contributed by atoms with E-state index in [1.165, 1.54) is 27.7 Å². The lowest BCUT2D eigenvalue weighted by atomic mass is 9.95. The summed E-state index contributed by atoms with van der Waals surface area (Å²) in [4.78, 5) is 22.7. The second-order valence-corrected chi connectivity index (χ2v) is 10.8. The maximum atomic E-state index is 14.8. The van der Waals surface area contributed by atoms with Crippen LogP contribution >= 0.6 is 0 Å². The van der Waals surface area contributed by atoms with Crippen LogP contribution in [0, 0.1) is 40.4 Å². The Balaban J connectivity index is 1.52. The van der Waals surface area contributed by atoms with Crippen molar-refractivity contribution in [1.29, 1.82) is 0 Å². The van der Waals surface area contributed by atoms with Gasteiger partial charge in [0.15, 0.2) is 0 Å². The molecule has 2 aromatic carbocycles. The Morgan fingerprint density at radius 2 is 1.37 bits per heavy atom. The summed E-state index contributed by atoms with van der Waals surface area (Å²) in [6.07, 6.45) is 4.54. The fourth-order valence-electron chi connectivity index (χ4n) is 4.60. The second-order valence-electron chi connectivity index (χ2n) is 8.97. The summed E-state index contributed by atoms with van der Waals surface area (Å²) in [5, 5.41) is 0. The summed E-state index contributed by atoms with van der Waals surface area (Å²) < 4.78 is 43.4. The van der Waals surface area contributed by atoms with Gasteiger partial charge < -0.3 is 4.90 Å². The Hall–Kier alpha value is -3.17. The Bertz CT molecular complexity index is 1370. The van der Waals surface area contributed by atoms with Crippen LogP contribution in [0.5, 0.6) is 0 Å². The number of hydrogen-bond acceptors (Lipinski definition) is 5. The van der Waals surface area contributed by atoms with Gasteiger partial charge in [-0.2, -0.15) is 4.31 Å². The molecule has 184 valence electrons. The number of piperazine rings is 1. The number of carbonyl (C=O) groups excluding carboxylic acids is 1. The molecular weight excluding hydrogens is 467 g/mol. The van der Waals surface area contributed by atoms with Gasteiger partial charge in [0, 0.05) is 44.1 Å². The molecule has 1 aliphatic heterocycles. The van der Waals surface area contributed by atoms with Crippen LogP contribution in [-0.2, 0) is 10.0 Å². The lowest BCUT2D eigenvalue weighted by Gasteiger charge is -2.35. The molecule has 0 unspecified atom stereocenters. The Labute approximate surface area is 205 Å². The van der Waals surface area contributed by atoms with Gasteiger partial charge in [-0.3, -0.25) is 4.79 Å². The summed E-state index contributed by atoms with van der Waals surface area (Å²) in [6.45, 7) is 10.3. The molecule has 1 amide bonds. The van der Waals surface area contributed by atoms with Gasteiger partial charge in [0.25, 0.3) is 5.91 Å². The van der Waals surface area contributed by atoms with E-state index >= 15 is 0 Å². The molecule has 0 spiro atoms. The fourth-order valence-corrected chi connectivity index (χ4v) is 6.58. The molecule has 0 N–H and O–H groups in total. The minimum atomic E-state index is -3.73. The van der Waals surface area contributed by atoms with Crippen LogP contribution in [0.2, 0.25) is 0 Å². The molecular formula is C26H29FN4O3S. The van der Waals surface area contributed by atoms with E-state index < -0.39 is 21.7 Å². The average Bonchev–Trinajstić information content (AvgIpc) is 2.86. The summed E-state index contributed by atoms with van der Waals surface area (Å²) in [5.41, 5.74) is 5.75. The van der Waals surface area contributed by atoms with Crippen molar-refractivity contribution in [2.75, 3.05) is 26.2 Å². The zero-order valence-electron chi connectivity index (χ0n) is 20.6. The van der Waals surface area contributed by atoms with Crippen molar-refractivity contribution in [2.24, 2.45) is 0 Å². The predicted molar refractivity (Wildman–Crippen MR) is 132 cm³/mol. The van der Waals surface area contributed by atoms with E-state index in [1.807, 2.05) is 34.6 Å². The fraction of sp³-hybridized carbons (Fsp3) is 0.346. The van der Waals surface area contributed by atoms with Crippen LogP contribution < -0.4 is 0 Å². The first-order valence-electron chi connectivity index (χ1n) is 11.4. The van der Waals surface area contributed by atoms with E-state index in [2.05, 4.69) is 9.97 Å². The maximum Gasteiger partial charge on any atom is 0.256 e. The van der Waals surface area contributed by atoms with E-state index in [-0.39, 0.29) is 31.7 Å². The highest BCUT2D eigenvalue weighted by atomic mass is 32.2. The molecule has 9 heteroatoms. The standard InChI is InChI=1S/C26H29FN4O3S/c1-16-17(2)19(4)25(20(5)18(16)3)35(33,34)31-10-8-30(9-11-31)26(32)23-7-6-21(12-24(23)27)22-13-28-15-29-14-22/h6-7,12-15H,8-11H2,1-5H3. The quantitative estimate of drug-likeness (QED) is 0.546. The number of rotatable bonds is 4. The van der Waals surface area contributed by atoms with E-state index in [0.717, 1.165) is 27.8 Å². The van der Waals surface area contributed by atoms with Crippen LogP contribution in [0.4, 0.5) is 4.39 Å². The molecule has 0 bridgehead atoms. The topological polar surface area (TPSA) is 83.5 Å². The molecule has 1 fully saturated rings. The molecule has 0 saturated carbocycles. The number of sulfonamides is 1. The van der Waals surface area contributed by atoms with Gasteiger partial charge in [-0.05, 0) is 80.1 Å². The van der Waals surface area contributed by atoms with Crippen LogP contribution in [-0.4, -0.2) is 59.7 Å². The van der Waals surface area contributed by atoms with Crippen molar-refractivity contribution in [3.05, 3.63) is 76.1 Å². The molecule has 2 heterocycles. The molecule has 4 rings (SSSR count). The number of carbonyl (C=O) groups is 1. The number of hydrogen-bond donors (Lipinski definition) is 0. The van der Waals surface area contributed by atoms with E-state index in [1.54, 1.807) is 18.5 Å². The van der Waals surface area contributed by atoms with Crippen molar-refractivity contribution in [3.63, 3.8) is 0 Å². The highest BCUT2D eigenvalue weighted by Crippen LogP contribution is 2.32. The van der Waals surface area contributed by atoms with Gasteiger partial charge in [0.1, 0.15) is 12.1 Å².